The van der Waals surface area contributed by atoms with Crippen molar-refractivity contribution in [3.63, 3.8) is 0 Å². The van der Waals surface area contributed by atoms with Crippen molar-refractivity contribution in [3.05, 3.63) is 17.7 Å². The van der Waals surface area contributed by atoms with Crippen LogP contribution in [0.15, 0.2) is 12.1 Å². The molecule has 0 bridgehead atoms. The minimum atomic E-state index is -3.54. The fourth-order valence-corrected chi connectivity index (χ4v) is 3.49. The Kier molecular flexibility index (Phi) is 7.98. The molecule has 0 saturated carbocycles. The Labute approximate surface area is 160 Å². The molecule has 148 valence electrons. The van der Waals surface area contributed by atoms with Crippen LogP contribution in [0.5, 0.6) is 11.5 Å². The van der Waals surface area contributed by atoms with Crippen molar-refractivity contribution >= 4 is 34.0 Å². The first-order valence-electron chi connectivity index (χ1n) is 7.99. The summed E-state index contributed by atoms with van der Waals surface area (Å²) in [5.41, 5.74) is 0.524. The average molecular weight is 408 g/mol. The molecule has 0 radical (unpaired) electrons. The number of halogens is 1. The number of piperidine rings is 1. The lowest BCUT2D eigenvalue weighted by Crippen LogP contribution is -2.46. The van der Waals surface area contributed by atoms with Gasteiger partial charge in [-0.3, -0.25) is 9.52 Å². The van der Waals surface area contributed by atoms with Crippen molar-refractivity contribution in [2.45, 2.75) is 18.9 Å². The molecule has 1 aliphatic heterocycles. The summed E-state index contributed by atoms with van der Waals surface area (Å²) in [7, 11) is 1.19. The van der Waals surface area contributed by atoms with Crippen LogP contribution in [0, 0.1) is 0 Å². The molecule has 2 N–H and O–H groups in total. The number of likely N-dealkylation sites (tertiary alicyclic amines) is 1. The van der Waals surface area contributed by atoms with Crippen molar-refractivity contribution in [2.75, 3.05) is 45.3 Å². The lowest BCUT2D eigenvalue weighted by molar-refractivity contribution is 0.0698. The number of rotatable bonds is 6. The number of ether oxygens (including phenoxy) is 2. The quantitative estimate of drug-likeness (QED) is 0.738. The Morgan fingerprint density at radius 1 is 1.27 bits per heavy atom. The number of methoxy groups -OCH3 is 2. The molecule has 0 aliphatic carbocycles. The predicted octanol–water partition coefficient (Wildman–Crippen LogP) is 1.32. The molecule has 1 heterocycles. The van der Waals surface area contributed by atoms with E-state index in [4.69, 9.17) is 9.47 Å². The summed E-state index contributed by atoms with van der Waals surface area (Å²) in [5, 5.41) is 3.19. The smallest absolute Gasteiger partial charge is 0.254 e. The van der Waals surface area contributed by atoms with Crippen LogP contribution < -0.4 is 19.5 Å². The van der Waals surface area contributed by atoms with E-state index < -0.39 is 10.0 Å². The number of sulfonamides is 1. The Hall–Kier alpha value is -1.71. The first kappa shape index (κ1) is 22.3. The monoisotopic (exact) mass is 407 g/mol. The molecule has 1 saturated heterocycles. The molecule has 8 nitrogen and oxygen atoms in total. The van der Waals surface area contributed by atoms with E-state index in [1.54, 1.807) is 11.0 Å². The van der Waals surface area contributed by atoms with E-state index in [1.165, 1.54) is 20.3 Å². The molecule has 1 unspecified atom stereocenters. The number of likely N-dealkylation sites (N-methyl/N-ethyl adjacent to an activating group) is 1. The van der Waals surface area contributed by atoms with Crippen molar-refractivity contribution in [2.24, 2.45) is 0 Å². The topological polar surface area (TPSA) is 97.0 Å². The van der Waals surface area contributed by atoms with Gasteiger partial charge in [0.25, 0.3) is 5.91 Å². The summed E-state index contributed by atoms with van der Waals surface area (Å²) in [5.74, 6) is 0.357. The number of nitrogens with one attached hydrogen (secondary N) is 2. The summed E-state index contributed by atoms with van der Waals surface area (Å²) < 4.78 is 36.1. The van der Waals surface area contributed by atoms with Gasteiger partial charge in [-0.05, 0) is 32.0 Å². The largest absolute Gasteiger partial charge is 0.493 e. The van der Waals surface area contributed by atoms with Gasteiger partial charge in [-0.25, -0.2) is 8.42 Å². The Morgan fingerprint density at radius 3 is 2.50 bits per heavy atom. The van der Waals surface area contributed by atoms with Gasteiger partial charge in [0, 0.05) is 24.7 Å². The van der Waals surface area contributed by atoms with Gasteiger partial charge in [0.05, 0.1) is 26.2 Å². The summed E-state index contributed by atoms with van der Waals surface area (Å²) in [4.78, 5) is 14.6. The number of benzene rings is 1. The molecule has 26 heavy (non-hydrogen) atoms. The molecule has 10 heteroatoms. The third kappa shape index (κ3) is 5.39. The van der Waals surface area contributed by atoms with Gasteiger partial charge in [0.15, 0.2) is 11.5 Å². The minimum Gasteiger partial charge on any atom is -0.493 e. The van der Waals surface area contributed by atoms with Crippen LogP contribution in [-0.4, -0.2) is 65.9 Å². The second-order valence-electron chi connectivity index (χ2n) is 6.01. The molecule has 1 atom stereocenters. The highest BCUT2D eigenvalue weighted by molar-refractivity contribution is 7.92. The maximum absolute atomic E-state index is 12.9. The number of carbonyl (C=O) groups is 1. The summed E-state index contributed by atoms with van der Waals surface area (Å²) in [6.07, 6.45) is 2.97. The van der Waals surface area contributed by atoms with Crippen molar-refractivity contribution in [3.8, 4) is 11.5 Å². The van der Waals surface area contributed by atoms with Crippen LogP contribution >= 0.6 is 12.4 Å². The van der Waals surface area contributed by atoms with Crippen LogP contribution in [0.3, 0.4) is 0 Å². The van der Waals surface area contributed by atoms with Crippen LogP contribution in [-0.2, 0) is 10.0 Å². The van der Waals surface area contributed by atoms with E-state index in [2.05, 4.69) is 10.0 Å². The first-order chi connectivity index (χ1) is 11.8. The molecule has 1 aromatic rings. The Balaban J connectivity index is 0.00000338. The van der Waals surface area contributed by atoms with Gasteiger partial charge < -0.3 is 19.7 Å². The maximum atomic E-state index is 12.9. The maximum Gasteiger partial charge on any atom is 0.254 e. The van der Waals surface area contributed by atoms with Crippen LogP contribution in [0.1, 0.15) is 23.2 Å². The lowest BCUT2D eigenvalue weighted by Gasteiger charge is -2.32. The third-order valence-corrected chi connectivity index (χ3v) is 4.73. The highest BCUT2D eigenvalue weighted by Gasteiger charge is 2.26. The van der Waals surface area contributed by atoms with Gasteiger partial charge in [-0.2, -0.15) is 0 Å². The number of anilines is 1. The van der Waals surface area contributed by atoms with E-state index in [0.717, 1.165) is 19.1 Å². The summed E-state index contributed by atoms with van der Waals surface area (Å²) in [6, 6.07) is 3.30. The van der Waals surface area contributed by atoms with Crippen LogP contribution in [0.2, 0.25) is 0 Å². The van der Waals surface area contributed by atoms with E-state index in [0.29, 0.717) is 24.4 Å². The van der Waals surface area contributed by atoms with E-state index in [-0.39, 0.29) is 35.8 Å². The zero-order valence-corrected chi connectivity index (χ0v) is 17.0. The molecular weight excluding hydrogens is 382 g/mol. The average Bonchev–Trinajstić information content (AvgIpc) is 2.58. The van der Waals surface area contributed by atoms with Gasteiger partial charge in [0.2, 0.25) is 10.0 Å². The standard InChI is InChI=1S/C16H25N3O5S.ClH/c1-17-12-6-5-7-19(10-12)16(20)11-8-13(18-25(4,21)22)15(24-3)14(9-11)23-2;/h8-9,12,17-18H,5-7,10H2,1-4H3;1H. The van der Waals surface area contributed by atoms with Gasteiger partial charge in [-0.1, -0.05) is 0 Å². The van der Waals surface area contributed by atoms with Gasteiger partial charge >= 0.3 is 0 Å². The molecule has 1 aliphatic rings. The van der Waals surface area contributed by atoms with E-state index >= 15 is 0 Å². The summed E-state index contributed by atoms with van der Waals surface area (Å²) in [6.45, 7) is 1.28. The zero-order valence-electron chi connectivity index (χ0n) is 15.4. The molecular formula is C16H26ClN3O5S. The number of hydrogen-bond donors (Lipinski definition) is 2. The molecule has 1 amide bonds. The first-order valence-corrected chi connectivity index (χ1v) is 9.88. The number of carbonyl (C=O) groups excluding carboxylic acids is 1. The highest BCUT2D eigenvalue weighted by Crippen LogP contribution is 2.37. The number of nitrogens with zero attached hydrogens (tertiary/aromatic N) is 1. The lowest BCUT2D eigenvalue weighted by atomic mass is 10.0. The SMILES string of the molecule is CNC1CCCN(C(=O)c2cc(NS(C)(=O)=O)c(OC)c(OC)c2)C1.Cl. The second-order valence-corrected chi connectivity index (χ2v) is 7.76. The summed E-state index contributed by atoms with van der Waals surface area (Å²) >= 11 is 0. The molecule has 1 fully saturated rings. The molecule has 1 aromatic carbocycles. The Bertz CT molecular complexity index is 742. The number of hydrogen-bond acceptors (Lipinski definition) is 6. The van der Waals surface area contributed by atoms with E-state index in [9.17, 15) is 13.2 Å². The van der Waals surface area contributed by atoms with Crippen molar-refractivity contribution in [1.29, 1.82) is 0 Å². The fraction of sp³-hybridized carbons (Fsp3) is 0.562. The normalized spacial score (nSPS) is 17.2. The predicted molar refractivity (Wildman–Crippen MR) is 103 cm³/mol. The zero-order chi connectivity index (χ0) is 18.6. The van der Waals surface area contributed by atoms with Crippen molar-refractivity contribution < 1.29 is 22.7 Å². The van der Waals surface area contributed by atoms with Gasteiger partial charge in [0.1, 0.15) is 0 Å². The fourth-order valence-electron chi connectivity index (χ4n) is 2.94. The van der Waals surface area contributed by atoms with Crippen LogP contribution in [0.25, 0.3) is 0 Å². The molecule has 0 aromatic heterocycles. The third-order valence-electron chi connectivity index (χ3n) is 4.14. The van der Waals surface area contributed by atoms with Gasteiger partial charge in [-0.15, -0.1) is 12.4 Å². The van der Waals surface area contributed by atoms with Crippen molar-refractivity contribution in [1.82, 2.24) is 10.2 Å². The van der Waals surface area contributed by atoms with E-state index in [1.807, 2.05) is 7.05 Å². The highest BCUT2D eigenvalue weighted by atomic mass is 35.5. The molecule has 2 rings (SSSR count). The minimum absolute atomic E-state index is 0. The Morgan fingerprint density at radius 2 is 1.96 bits per heavy atom. The number of amides is 1. The van der Waals surface area contributed by atoms with Crippen LogP contribution in [0.4, 0.5) is 5.69 Å². The second kappa shape index (κ2) is 9.29. The molecule has 0 spiro atoms.